The molecule has 1 fully saturated rings. The predicted molar refractivity (Wildman–Crippen MR) is 107 cm³/mol. The van der Waals surface area contributed by atoms with Crippen molar-refractivity contribution in [2.75, 3.05) is 26.2 Å². The highest BCUT2D eigenvalue weighted by Crippen LogP contribution is 2.27. The summed E-state index contributed by atoms with van der Waals surface area (Å²) >= 11 is 0. The molecule has 0 radical (unpaired) electrons. The fourth-order valence-electron chi connectivity index (χ4n) is 3.19. The summed E-state index contributed by atoms with van der Waals surface area (Å²) in [5, 5.41) is 28.8. The average Bonchev–Trinajstić information content (AvgIpc) is 3.20. The molecule has 3 rings (SSSR count). The molecule has 148 valence electrons. The molecule has 6 nitrogen and oxygen atoms in total. The van der Waals surface area contributed by atoms with Crippen molar-refractivity contribution in [3.8, 4) is 23.0 Å². The lowest BCUT2D eigenvalue weighted by atomic mass is 10.1. The average molecular weight is 383 g/mol. The topological polar surface area (TPSA) is 90.2 Å². The molecule has 1 aliphatic rings. The van der Waals surface area contributed by atoms with Gasteiger partial charge in [0.1, 0.15) is 11.5 Å². The first-order chi connectivity index (χ1) is 13.5. The molecular formula is C22H25NO5. The molecule has 0 atom stereocenters. The van der Waals surface area contributed by atoms with E-state index in [1.807, 2.05) is 0 Å². The normalized spacial score (nSPS) is 14.6. The molecule has 0 aromatic heterocycles. The van der Waals surface area contributed by atoms with Crippen LogP contribution in [0.15, 0.2) is 42.5 Å². The van der Waals surface area contributed by atoms with Crippen LogP contribution in [0.25, 0.3) is 6.08 Å². The van der Waals surface area contributed by atoms with Crippen LogP contribution in [-0.4, -0.2) is 52.2 Å². The number of phenolic OH excluding ortho intramolecular Hbond substituents is 3. The van der Waals surface area contributed by atoms with Gasteiger partial charge in [-0.2, -0.15) is 0 Å². The number of nitrogens with zero attached hydrogens (tertiary/aromatic N) is 1. The minimum Gasteiger partial charge on any atom is -0.507 e. The number of benzene rings is 2. The first kappa shape index (κ1) is 19.8. The second-order valence-electron chi connectivity index (χ2n) is 6.88. The number of hydrogen-bond acceptors (Lipinski definition) is 6. The van der Waals surface area contributed by atoms with Crippen molar-refractivity contribution >= 4 is 11.9 Å². The highest BCUT2D eigenvalue weighted by Gasteiger charge is 2.12. The second-order valence-corrected chi connectivity index (χ2v) is 6.88. The van der Waals surface area contributed by atoms with Crippen LogP contribution in [0.1, 0.15) is 35.2 Å². The summed E-state index contributed by atoms with van der Waals surface area (Å²) in [7, 11) is 0. The second kappa shape index (κ2) is 9.28. The highest BCUT2D eigenvalue weighted by atomic mass is 16.5. The Morgan fingerprint density at radius 1 is 1.00 bits per heavy atom. The Morgan fingerprint density at radius 2 is 1.75 bits per heavy atom. The third-order valence-electron chi connectivity index (χ3n) is 4.75. The van der Waals surface area contributed by atoms with Crippen LogP contribution in [0.5, 0.6) is 23.0 Å². The molecule has 1 heterocycles. The molecule has 0 aliphatic carbocycles. The van der Waals surface area contributed by atoms with Crippen LogP contribution in [0.3, 0.4) is 0 Å². The number of aromatic hydroxyl groups is 3. The molecule has 1 saturated heterocycles. The lowest BCUT2D eigenvalue weighted by molar-refractivity contribution is 0.104. The lowest BCUT2D eigenvalue weighted by Gasteiger charge is -2.14. The molecule has 6 heteroatoms. The number of allylic oxidation sites excluding steroid dienone is 1. The maximum Gasteiger partial charge on any atom is 0.189 e. The molecule has 0 spiro atoms. The molecule has 2 aromatic rings. The van der Waals surface area contributed by atoms with Crippen molar-refractivity contribution in [3.63, 3.8) is 0 Å². The van der Waals surface area contributed by atoms with Crippen LogP contribution in [0.4, 0.5) is 0 Å². The molecular weight excluding hydrogens is 358 g/mol. The predicted octanol–water partition coefficient (Wildman–Crippen LogP) is 3.56. The van der Waals surface area contributed by atoms with Crippen LogP contribution in [0, 0.1) is 0 Å². The zero-order valence-corrected chi connectivity index (χ0v) is 15.7. The molecule has 2 aromatic carbocycles. The number of ether oxygens (including phenoxy) is 1. The summed E-state index contributed by atoms with van der Waals surface area (Å²) in [6.45, 7) is 3.87. The van der Waals surface area contributed by atoms with Crippen molar-refractivity contribution in [3.05, 3.63) is 53.6 Å². The van der Waals surface area contributed by atoms with E-state index in [4.69, 9.17) is 4.74 Å². The summed E-state index contributed by atoms with van der Waals surface area (Å²) in [6.07, 6.45) is 6.25. The zero-order chi connectivity index (χ0) is 19.9. The Hall–Kier alpha value is -2.99. The van der Waals surface area contributed by atoms with Gasteiger partial charge in [-0.1, -0.05) is 12.1 Å². The number of rotatable bonds is 8. The first-order valence-corrected chi connectivity index (χ1v) is 9.45. The van der Waals surface area contributed by atoms with Crippen molar-refractivity contribution in [1.29, 1.82) is 0 Å². The van der Waals surface area contributed by atoms with Gasteiger partial charge in [0.15, 0.2) is 17.3 Å². The van der Waals surface area contributed by atoms with E-state index in [9.17, 15) is 20.1 Å². The largest absolute Gasteiger partial charge is 0.507 e. The molecule has 0 unspecified atom stereocenters. The quantitative estimate of drug-likeness (QED) is 0.279. The maximum atomic E-state index is 12.4. The number of phenols is 3. The van der Waals surface area contributed by atoms with Gasteiger partial charge in [0, 0.05) is 6.54 Å². The van der Waals surface area contributed by atoms with E-state index < -0.39 is 0 Å². The van der Waals surface area contributed by atoms with Crippen molar-refractivity contribution in [2.45, 2.75) is 19.3 Å². The SMILES string of the molecule is O=C(/C=C/c1ccc(O)c(O)c1)c1cc(OCCCN2CCCC2)ccc1O. The van der Waals surface area contributed by atoms with Crippen molar-refractivity contribution in [1.82, 2.24) is 4.90 Å². The van der Waals surface area contributed by atoms with Gasteiger partial charge in [0.05, 0.1) is 12.2 Å². The summed E-state index contributed by atoms with van der Waals surface area (Å²) in [4.78, 5) is 14.8. The number of carbonyl (C=O) groups is 1. The van der Waals surface area contributed by atoms with E-state index >= 15 is 0 Å². The summed E-state index contributed by atoms with van der Waals surface area (Å²) < 4.78 is 5.73. The van der Waals surface area contributed by atoms with E-state index in [1.54, 1.807) is 12.1 Å². The van der Waals surface area contributed by atoms with Gasteiger partial charge in [0.2, 0.25) is 0 Å². The minimum atomic E-state index is -0.382. The van der Waals surface area contributed by atoms with E-state index in [0.29, 0.717) is 17.9 Å². The van der Waals surface area contributed by atoms with Crippen molar-refractivity contribution < 1.29 is 24.9 Å². The van der Waals surface area contributed by atoms with Gasteiger partial charge >= 0.3 is 0 Å². The van der Waals surface area contributed by atoms with Gasteiger partial charge in [0.25, 0.3) is 0 Å². The smallest absolute Gasteiger partial charge is 0.189 e. The third kappa shape index (κ3) is 5.27. The Balaban J connectivity index is 1.58. The van der Waals surface area contributed by atoms with Gasteiger partial charge in [-0.3, -0.25) is 4.79 Å². The van der Waals surface area contributed by atoms with Gasteiger partial charge in [-0.05, 0) is 74.3 Å². The van der Waals surface area contributed by atoms with Crippen LogP contribution in [0.2, 0.25) is 0 Å². The lowest BCUT2D eigenvalue weighted by Crippen LogP contribution is -2.21. The zero-order valence-electron chi connectivity index (χ0n) is 15.7. The summed E-state index contributed by atoms with van der Waals surface area (Å²) in [5.41, 5.74) is 0.703. The molecule has 3 N–H and O–H groups in total. The molecule has 0 bridgehead atoms. The van der Waals surface area contributed by atoms with Crippen molar-refractivity contribution in [2.24, 2.45) is 0 Å². The fraction of sp³-hybridized carbons (Fsp3) is 0.318. The van der Waals surface area contributed by atoms with Gasteiger partial charge in [-0.15, -0.1) is 0 Å². The summed E-state index contributed by atoms with van der Waals surface area (Å²) in [5.74, 6) is -0.448. The van der Waals surface area contributed by atoms with Crippen LogP contribution < -0.4 is 4.74 Å². The molecule has 0 amide bonds. The van der Waals surface area contributed by atoms with Gasteiger partial charge < -0.3 is 25.0 Å². The Kier molecular flexibility index (Phi) is 6.55. The standard InChI is InChI=1S/C22H25NO5/c24-19(7-4-16-5-8-21(26)22(27)14-16)18-15-17(6-9-20(18)25)28-13-3-12-23-10-1-2-11-23/h4-9,14-15,25-27H,1-3,10-13H2/b7-4+. The van der Waals surface area contributed by atoms with Crippen LogP contribution in [-0.2, 0) is 0 Å². The Bertz CT molecular complexity index is 856. The fourth-order valence-corrected chi connectivity index (χ4v) is 3.19. The number of carbonyl (C=O) groups excluding carboxylic acids is 1. The number of likely N-dealkylation sites (tertiary alicyclic amines) is 1. The molecule has 1 aliphatic heterocycles. The third-order valence-corrected chi connectivity index (χ3v) is 4.75. The minimum absolute atomic E-state index is 0.118. The molecule has 0 saturated carbocycles. The van der Waals surface area contributed by atoms with E-state index in [2.05, 4.69) is 4.90 Å². The Morgan fingerprint density at radius 3 is 2.50 bits per heavy atom. The maximum absolute atomic E-state index is 12.4. The highest BCUT2D eigenvalue weighted by molar-refractivity contribution is 6.08. The van der Waals surface area contributed by atoms with Crippen LogP contribution >= 0.6 is 0 Å². The molecule has 28 heavy (non-hydrogen) atoms. The summed E-state index contributed by atoms with van der Waals surface area (Å²) in [6, 6.07) is 8.88. The Labute approximate surface area is 164 Å². The monoisotopic (exact) mass is 383 g/mol. The van der Waals surface area contributed by atoms with Gasteiger partial charge in [-0.25, -0.2) is 0 Å². The van der Waals surface area contributed by atoms with E-state index in [0.717, 1.165) is 26.1 Å². The number of hydrogen-bond donors (Lipinski definition) is 3. The van der Waals surface area contributed by atoms with E-state index in [1.165, 1.54) is 49.3 Å². The first-order valence-electron chi connectivity index (χ1n) is 9.45. The van der Waals surface area contributed by atoms with E-state index in [-0.39, 0.29) is 28.6 Å². The number of ketones is 1.